The number of nitrogens with zero attached hydrogens (tertiary/aromatic N) is 4. The zero-order valence-electron chi connectivity index (χ0n) is 14.5. The first kappa shape index (κ1) is 16.5. The predicted molar refractivity (Wildman–Crippen MR) is 102 cm³/mol. The molecular weight excluding hydrogens is 348 g/mol. The van der Waals surface area contributed by atoms with Crippen LogP contribution in [0.4, 0.5) is 0 Å². The second-order valence-corrected chi connectivity index (χ2v) is 6.44. The molecule has 2 aromatic carbocycles. The summed E-state index contributed by atoms with van der Waals surface area (Å²) in [5.74, 6) is 1.21. The maximum Gasteiger partial charge on any atom is 0.233 e. The first-order chi connectivity index (χ1) is 12.7. The van der Waals surface area contributed by atoms with Gasteiger partial charge in [-0.05, 0) is 48.7 Å². The molecule has 5 nitrogen and oxygen atoms in total. The number of benzene rings is 2. The molecule has 0 saturated heterocycles. The van der Waals surface area contributed by atoms with E-state index in [1.807, 2.05) is 49.4 Å². The minimum Gasteiger partial charge on any atom is -0.438 e. The molecule has 0 aliphatic carbocycles. The van der Waals surface area contributed by atoms with Crippen LogP contribution in [0.5, 0.6) is 11.6 Å². The normalized spacial score (nSPS) is 11.0. The number of aromatic nitrogens is 4. The lowest BCUT2D eigenvalue weighted by atomic mass is 10.2. The number of aryl methyl sites for hydroxylation is 2. The van der Waals surface area contributed by atoms with Crippen LogP contribution in [0.25, 0.3) is 16.7 Å². The van der Waals surface area contributed by atoms with Gasteiger partial charge in [-0.3, -0.25) is 0 Å². The number of fused-ring (bicyclic) bond motifs is 1. The fraction of sp³-hybridized carbons (Fsp3) is 0.150. The lowest BCUT2D eigenvalue weighted by Gasteiger charge is -2.08. The summed E-state index contributed by atoms with van der Waals surface area (Å²) in [5.41, 5.74) is 3.86. The zero-order valence-corrected chi connectivity index (χ0v) is 15.2. The fourth-order valence-electron chi connectivity index (χ4n) is 2.80. The van der Waals surface area contributed by atoms with Gasteiger partial charge in [0.2, 0.25) is 5.88 Å². The van der Waals surface area contributed by atoms with E-state index in [9.17, 15) is 0 Å². The van der Waals surface area contributed by atoms with Crippen LogP contribution < -0.4 is 4.74 Å². The molecule has 0 saturated carbocycles. The maximum absolute atomic E-state index is 6.15. The molecule has 0 atom stereocenters. The van der Waals surface area contributed by atoms with Gasteiger partial charge >= 0.3 is 0 Å². The first-order valence-electron chi connectivity index (χ1n) is 8.37. The summed E-state index contributed by atoms with van der Waals surface area (Å²) in [6.45, 7) is 4.13. The van der Waals surface area contributed by atoms with Crippen molar-refractivity contribution in [3.63, 3.8) is 0 Å². The second-order valence-electron chi connectivity index (χ2n) is 6.00. The van der Waals surface area contributed by atoms with Crippen molar-refractivity contribution in [2.75, 3.05) is 0 Å². The average Bonchev–Trinajstić information content (AvgIpc) is 3.09. The lowest BCUT2D eigenvalue weighted by Crippen LogP contribution is -2.00. The molecule has 0 radical (unpaired) electrons. The Hall–Kier alpha value is -2.92. The third-order valence-corrected chi connectivity index (χ3v) is 4.51. The van der Waals surface area contributed by atoms with Gasteiger partial charge in [-0.1, -0.05) is 36.7 Å². The molecule has 6 heteroatoms. The van der Waals surface area contributed by atoms with E-state index in [1.165, 1.54) is 11.9 Å². The number of rotatable bonds is 4. The lowest BCUT2D eigenvalue weighted by molar-refractivity contribution is 0.468. The number of hydrogen-bond donors (Lipinski definition) is 0. The van der Waals surface area contributed by atoms with E-state index < -0.39 is 0 Å². The van der Waals surface area contributed by atoms with Crippen LogP contribution in [-0.2, 0) is 6.42 Å². The van der Waals surface area contributed by atoms with Gasteiger partial charge in [0.25, 0.3) is 0 Å². The Balaban J connectivity index is 1.76. The Kier molecular flexibility index (Phi) is 4.31. The molecule has 2 heterocycles. The molecular formula is C20H17ClN4O. The highest BCUT2D eigenvalue weighted by molar-refractivity contribution is 6.30. The van der Waals surface area contributed by atoms with Crippen molar-refractivity contribution >= 4 is 22.6 Å². The van der Waals surface area contributed by atoms with E-state index in [1.54, 1.807) is 10.9 Å². The topological polar surface area (TPSA) is 52.8 Å². The summed E-state index contributed by atoms with van der Waals surface area (Å²) in [4.78, 5) is 8.66. The Bertz CT molecular complexity index is 1070. The van der Waals surface area contributed by atoms with Crippen molar-refractivity contribution in [3.05, 3.63) is 71.1 Å². The quantitative estimate of drug-likeness (QED) is 0.503. The van der Waals surface area contributed by atoms with Crippen LogP contribution in [0, 0.1) is 6.92 Å². The van der Waals surface area contributed by atoms with Gasteiger partial charge in [-0.2, -0.15) is 5.10 Å². The average molecular weight is 365 g/mol. The Morgan fingerprint density at radius 3 is 2.65 bits per heavy atom. The fourth-order valence-corrected chi connectivity index (χ4v) is 2.96. The molecule has 26 heavy (non-hydrogen) atoms. The van der Waals surface area contributed by atoms with Crippen molar-refractivity contribution in [2.45, 2.75) is 20.3 Å². The van der Waals surface area contributed by atoms with E-state index in [0.717, 1.165) is 28.8 Å². The Morgan fingerprint density at radius 1 is 1.08 bits per heavy atom. The summed E-state index contributed by atoms with van der Waals surface area (Å²) < 4.78 is 7.72. The number of halogens is 1. The van der Waals surface area contributed by atoms with Gasteiger partial charge in [0.15, 0.2) is 5.65 Å². The van der Waals surface area contributed by atoms with Crippen LogP contribution in [0.1, 0.15) is 18.1 Å². The molecule has 130 valence electrons. The van der Waals surface area contributed by atoms with Gasteiger partial charge in [-0.15, -0.1) is 0 Å². The molecule has 0 N–H and O–H groups in total. The van der Waals surface area contributed by atoms with Crippen molar-refractivity contribution in [1.29, 1.82) is 0 Å². The monoisotopic (exact) mass is 364 g/mol. The molecule has 4 aromatic rings. The molecule has 2 aromatic heterocycles. The van der Waals surface area contributed by atoms with Gasteiger partial charge in [0.1, 0.15) is 17.5 Å². The highest BCUT2D eigenvalue weighted by Crippen LogP contribution is 2.29. The summed E-state index contributed by atoms with van der Waals surface area (Å²) in [5, 5.41) is 5.86. The van der Waals surface area contributed by atoms with Gasteiger partial charge < -0.3 is 4.74 Å². The molecule has 0 unspecified atom stereocenters. The van der Waals surface area contributed by atoms with Crippen molar-refractivity contribution in [2.24, 2.45) is 0 Å². The standard InChI is InChI=1S/C20H17ClN4O/c1-3-14-5-8-16(9-6-14)26-20-17-11-24-25(19(17)22-12-23-20)18-10-15(21)7-4-13(18)2/h4-12H,3H2,1-2H3. The van der Waals surface area contributed by atoms with Crippen molar-refractivity contribution in [1.82, 2.24) is 19.7 Å². The summed E-state index contributed by atoms with van der Waals surface area (Å²) in [7, 11) is 0. The largest absolute Gasteiger partial charge is 0.438 e. The van der Waals surface area contributed by atoms with Crippen molar-refractivity contribution in [3.8, 4) is 17.3 Å². The summed E-state index contributed by atoms with van der Waals surface area (Å²) in [6, 6.07) is 13.7. The summed E-state index contributed by atoms with van der Waals surface area (Å²) >= 11 is 6.15. The Morgan fingerprint density at radius 2 is 1.88 bits per heavy atom. The molecule has 0 bridgehead atoms. The molecule has 0 aliphatic heterocycles. The number of hydrogen-bond acceptors (Lipinski definition) is 4. The van der Waals surface area contributed by atoms with Gasteiger partial charge in [-0.25, -0.2) is 14.6 Å². The van der Waals surface area contributed by atoms with Crippen LogP contribution in [-0.4, -0.2) is 19.7 Å². The highest BCUT2D eigenvalue weighted by atomic mass is 35.5. The zero-order chi connectivity index (χ0) is 18.1. The Labute approximate surface area is 156 Å². The third-order valence-electron chi connectivity index (χ3n) is 4.27. The minimum atomic E-state index is 0.477. The minimum absolute atomic E-state index is 0.477. The molecule has 4 rings (SSSR count). The van der Waals surface area contributed by atoms with Gasteiger partial charge in [0.05, 0.1) is 11.9 Å². The van der Waals surface area contributed by atoms with Crippen LogP contribution in [0.15, 0.2) is 55.0 Å². The SMILES string of the molecule is CCc1ccc(Oc2ncnc3c2cnn3-c2cc(Cl)ccc2C)cc1. The van der Waals surface area contributed by atoms with Crippen LogP contribution in [0.3, 0.4) is 0 Å². The van der Waals surface area contributed by atoms with E-state index >= 15 is 0 Å². The molecule has 0 fully saturated rings. The predicted octanol–water partition coefficient (Wildman–Crippen LogP) is 5.13. The van der Waals surface area contributed by atoms with Gasteiger partial charge in [0, 0.05) is 5.02 Å². The first-order valence-corrected chi connectivity index (χ1v) is 8.75. The highest BCUT2D eigenvalue weighted by Gasteiger charge is 2.14. The molecule has 0 aliphatic rings. The molecule has 0 amide bonds. The molecule has 0 spiro atoms. The van der Waals surface area contributed by atoms with E-state index in [4.69, 9.17) is 16.3 Å². The summed E-state index contributed by atoms with van der Waals surface area (Å²) in [6.07, 6.45) is 4.19. The maximum atomic E-state index is 6.15. The van der Waals surface area contributed by atoms with Crippen LogP contribution >= 0.6 is 11.6 Å². The van der Waals surface area contributed by atoms with Crippen LogP contribution in [0.2, 0.25) is 5.02 Å². The van der Waals surface area contributed by atoms with Crippen molar-refractivity contribution < 1.29 is 4.74 Å². The third kappa shape index (κ3) is 3.02. The second kappa shape index (κ2) is 6.77. The van der Waals surface area contributed by atoms with E-state index in [2.05, 4.69) is 22.0 Å². The van der Waals surface area contributed by atoms with E-state index in [0.29, 0.717) is 16.5 Å². The number of ether oxygens (including phenoxy) is 1. The van der Waals surface area contributed by atoms with E-state index in [-0.39, 0.29) is 0 Å². The smallest absolute Gasteiger partial charge is 0.233 e.